The number of rotatable bonds is 6. The molecule has 25 heavy (non-hydrogen) atoms. The Morgan fingerprint density at radius 3 is 2.88 bits per heavy atom. The van der Waals surface area contributed by atoms with Crippen LogP contribution in [0.25, 0.3) is 11.6 Å². The molecule has 0 aliphatic heterocycles. The van der Waals surface area contributed by atoms with Crippen LogP contribution >= 0.6 is 11.3 Å². The Kier molecular flexibility index (Phi) is 5.44. The molecule has 8 nitrogen and oxygen atoms in total. The monoisotopic (exact) mass is 359 g/mol. The molecule has 0 unspecified atom stereocenters. The van der Waals surface area contributed by atoms with Crippen molar-refractivity contribution in [2.24, 2.45) is 4.99 Å². The highest BCUT2D eigenvalue weighted by Crippen LogP contribution is 2.16. The van der Waals surface area contributed by atoms with Gasteiger partial charge in [0.15, 0.2) is 11.7 Å². The molecule has 9 heteroatoms. The van der Waals surface area contributed by atoms with Crippen molar-refractivity contribution in [3.63, 3.8) is 0 Å². The van der Waals surface area contributed by atoms with Gasteiger partial charge in [0.2, 0.25) is 5.82 Å². The van der Waals surface area contributed by atoms with Crippen molar-refractivity contribution < 1.29 is 4.42 Å². The van der Waals surface area contributed by atoms with E-state index in [4.69, 9.17) is 4.42 Å². The van der Waals surface area contributed by atoms with E-state index < -0.39 is 0 Å². The number of aryl methyl sites for hydroxylation is 2. The van der Waals surface area contributed by atoms with Crippen LogP contribution in [0.15, 0.2) is 27.8 Å². The Morgan fingerprint density at radius 2 is 2.20 bits per heavy atom. The summed E-state index contributed by atoms with van der Waals surface area (Å²) < 4.78 is 5.29. The molecule has 0 radical (unpaired) electrons. The smallest absolute Gasteiger partial charge is 0.216 e. The van der Waals surface area contributed by atoms with Crippen molar-refractivity contribution in [3.05, 3.63) is 39.8 Å². The predicted molar refractivity (Wildman–Crippen MR) is 97.3 cm³/mol. The second-order valence-corrected chi connectivity index (χ2v) is 6.66. The second-order valence-electron chi connectivity index (χ2n) is 5.37. The summed E-state index contributed by atoms with van der Waals surface area (Å²) in [6, 6.07) is 3.63. The fourth-order valence-electron chi connectivity index (χ4n) is 2.28. The number of aromatic nitrogens is 4. The molecular weight excluding hydrogens is 338 g/mol. The number of nitrogens with zero attached hydrogens (tertiary/aromatic N) is 4. The number of hydrogen-bond acceptors (Lipinski definition) is 6. The zero-order valence-electron chi connectivity index (χ0n) is 14.5. The molecule has 0 saturated carbocycles. The molecule has 0 saturated heterocycles. The highest BCUT2D eigenvalue weighted by molar-refractivity contribution is 7.11. The summed E-state index contributed by atoms with van der Waals surface area (Å²) in [5, 5.41) is 14.7. The largest absolute Gasteiger partial charge is 0.461 e. The van der Waals surface area contributed by atoms with Crippen LogP contribution in [0.1, 0.15) is 28.3 Å². The lowest BCUT2D eigenvalue weighted by Crippen LogP contribution is -2.36. The normalized spacial score (nSPS) is 11.7. The molecule has 3 rings (SSSR count). The first kappa shape index (κ1) is 17.2. The van der Waals surface area contributed by atoms with E-state index in [-0.39, 0.29) is 0 Å². The highest BCUT2D eigenvalue weighted by atomic mass is 32.1. The van der Waals surface area contributed by atoms with Crippen LogP contribution in [0.4, 0.5) is 0 Å². The van der Waals surface area contributed by atoms with Crippen molar-refractivity contribution in [2.45, 2.75) is 33.9 Å². The number of aliphatic imine (C=N–C) groups is 1. The highest BCUT2D eigenvalue weighted by Gasteiger charge is 2.09. The van der Waals surface area contributed by atoms with E-state index in [2.05, 4.69) is 35.8 Å². The van der Waals surface area contributed by atoms with Gasteiger partial charge >= 0.3 is 0 Å². The lowest BCUT2D eigenvalue weighted by molar-refractivity contribution is 0.577. The zero-order valence-corrected chi connectivity index (χ0v) is 15.3. The Bertz CT molecular complexity index is 835. The van der Waals surface area contributed by atoms with Gasteiger partial charge in [-0.05, 0) is 32.9 Å². The van der Waals surface area contributed by atoms with Crippen molar-refractivity contribution in [1.29, 1.82) is 0 Å². The third-order valence-corrected chi connectivity index (χ3v) is 4.49. The van der Waals surface area contributed by atoms with Gasteiger partial charge in [-0.15, -0.1) is 16.4 Å². The molecule has 132 valence electrons. The van der Waals surface area contributed by atoms with Crippen LogP contribution in [0.3, 0.4) is 0 Å². The molecule has 0 aliphatic rings. The van der Waals surface area contributed by atoms with Crippen LogP contribution in [0, 0.1) is 13.8 Å². The lowest BCUT2D eigenvalue weighted by atomic mass is 10.4. The molecular formula is C16H21N7OS. The van der Waals surface area contributed by atoms with Crippen LogP contribution in [-0.2, 0) is 13.1 Å². The summed E-state index contributed by atoms with van der Waals surface area (Å²) in [4.78, 5) is 14.6. The zero-order chi connectivity index (χ0) is 17.6. The maximum Gasteiger partial charge on any atom is 0.216 e. The molecule has 0 spiro atoms. The minimum absolute atomic E-state index is 0.393. The van der Waals surface area contributed by atoms with Gasteiger partial charge < -0.3 is 15.1 Å². The fourth-order valence-corrected chi connectivity index (χ4v) is 3.16. The van der Waals surface area contributed by atoms with Gasteiger partial charge in [-0.1, -0.05) is 0 Å². The molecule has 0 aromatic carbocycles. The molecule has 0 atom stereocenters. The van der Waals surface area contributed by atoms with E-state index in [1.807, 2.05) is 26.8 Å². The maximum atomic E-state index is 5.29. The maximum absolute atomic E-state index is 5.29. The average molecular weight is 359 g/mol. The minimum atomic E-state index is 0.393. The third-order valence-electron chi connectivity index (χ3n) is 3.42. The lowest BCUT2D eigenvalue weighted by Gasteiger charge is -2.10. The first-order valence-corrected chi connectivity index (χ1v) is 8.87. The van der Waals surface area contributed by atoms with Gasteiger partial charge in [0, 0.05) is 11.4 Å². The Balaban J connectivity index is 1.63. The van der Waals surface area contributed by atoms with E-state index in [0.29, 0.717) is 30.5 Å². The number of H-pyrrole nitrogens is 1. The van der Waals surface area contributed by atoms with Crippen LogP contribution in [0.2, 0.25) is 0 Å². The quantitative estimate of drug-likeness (QED) is 0.461. The third kappa shape index (κ3) is 4.44. The van der Waals surface area contributed by atoms with Crippen LogP contribution < -0.4 is 10.6 Å². The Labute approximate surface area is 149 Å². The van der Waals surface area contributed by atoms with E-state index in [9.17, 15) is 0 Å². The number of furan rings is 1. The van der Waals surface area contributed by atoms with Gasteiger partial charge in [0.05, 0.1) is 23.5 Å². The molecule has 3 N–H and O–H groups in total. The average Bonchev–Trinajstić information content (AvgIpc) is 3.31. The molecule has 0 aliphatic carbocycles. The minimum Gasteiger partial charge on any atom is -0.461 e. The van der Waals surface area contributed by atoms with Crippen molar-refractivity contribution in [2.75, 3.05) is 6.54 Å². The van der Waals surface area contributed by atoms with Crippen LogP contribution in [0.5, 0.6) is 0 Å². The summed E-state index contributed by atoms with van der Waals surface area (Å²) in [5.41, 5.74) is 1.06. The van der Waals surface area contributed by atoms with Gasteiger partial charge in [0.1, 0.15) is 12.4 Å². The molecule has 0 bridgehead atoms. The first-order valence-electron chi connectivity index (χ1n) is 8.06. The van der Waals surface area contributed by atoms with Crippen molar-refractivity contribution >= 4 is 17.3 Å². The second kappa shape index (κ2) is 7.93. The summed E-state index contributed by atoms with van der Waals surface area (Å²) in [6.07, 6.45) is 1.60. The number of hydrogen-bond donors (Lipinski definition) is 3. The Morgan fingerprint density at radius 1 is 1.32 bits per heavy atom. The summed E-state index contributed by atoms with van der Waals surface area (Å²) in [7, 11) is 0. The number of guanidine groups is 1. The molecule has 3 heterocycles. The van der Waals surface area contributed by atoms with E-state index in [1.165, 1.54) is 4.88 Å². The number of thiazole rings is 1. The summed E-state index contributed by atoms with van der Waals surface area (Å²) in [6.45, 7) is 7.93. The number of nitrogens with one attached hydrogen (secondary N) is 3. The molecule has 0 amide bonds. The van der Waals surface area contributed by atoms with Gasteiger partial charge in [-0.25, -0.2) is 15.0 Å². The SMILES string of the molecule is CCNC(=NCc1nc(-c2ccco2)n[nH]1)NCc1sc(C)nc1C. The van der Waals surface area contributed by atoms with Crippen LogP contribution in [-0.4, -0.2) is 32.7 Å². The molecule has 3 aromatic heterocycles. The first-order chi connectivity index (χ1) is 12.2. The Hall–Kier alpha value is -2.68. The standard InChI is InChI=1S/C16H21N7OS/c1-4-17-16(18-8-13-10(2)20-11(3)25-13)19-9-14-21-15(23-22-14)12-6-5-7-24-12/h5-7H,4,8-9H2,1-3H3,(H2,17,18,19)(H,21,22,23). The van der Waals surface area contributed by atoms with Gasteiger partial charge in [-0.2, -0.15) is 0 Å². The van der Waals surface area contributed by atoms with Gasteiger partial charge in [-0.3, -0.25) is 5.10 Å². The topological polar surface area (TPSA) is 104 Å². The van der Waals surface area contributed by atoms with Crippen molar-refractivity contribution in [3.8, 4) is 11.6 Å². The van der Waals surface area contributed by atoms with E-state index in [1.54, 1.807) is 23.7 Å². The summed E-state index contributed by atoms with van der Waals surface area (Å²) >= 11 is 1.70. The summed E-state index contributed by atoms with van der Waals surface area (Å²) in [5.74, 6) is 2.56. The molecule has 3 aromatic rings. The fraction of sp³-hybridized carbons (Fsp3) is 0.375. The number of aromatic amines is 1. The van der Waals surface area contributed by atoms with Crippen molar-refractivity contribution in [1.82, 2.24) is 30.8 Å². The molecule has 0 fully saturated rings. The van der Waals surface area contributed by atoms with E-state index >= 15 is 0 Å². The van der Waals surface area contributed by atoms with Gasteiger partial charge in [0.25, 0.3) is 0 Å². The van der Waals surface area contributed by atoms with E-state index in [0.717, 1.165) is 23.2 Å². The predicted octanol–water partition coefficient (Wildman–Crippen LogP) is 2.39.